The standard InChI is InChI=1S/C26H20ClF3N2O2/c27-19-12-10-18(11-13-19)21-14-23(33)32(16-25(28,29)30)26(21)20-8-4-5-9-22(20)31(24(26)34)15-17-6-2-1-3-7-17/h1-13,21H,14-16H2/t21-,26+/m0/s1. The Morgan fingerprint density at radius 3 is 2.24 bits per heavy atom. The number of likely N-dealkylation sites (tertiary alicyclic amines) is 1. The monoisotopic (exact) mass is 484 g/mol. The molecule has 3 aromatic carbocycles. The van der Waals surface area contributed by atoms with Crippen molar-refractivity contribution in [3.8, 4) is 0 Å². The van der Waals surface area contributed by atoms with Crippen molar-refractivity contribution in [2.75, 3.05) is 11.4 Å². The molecule has 2 aliphatic rings. The Morgan fingerprint density at radius 2 is 1.56 bits per heavy atom. The molecule has 4 nitrogen and oxygen atoms in total. The van der Waals surface area contributed by atoms with Gasteiger partial charge in [0, 0.05) is 22.9 Å². The second kappa shape index (κ2) is 8.17. The maximum atomic E-state index is 14.2. The SMILES string of the molecule is O=C1C[C@@H](c2ccc(Cl)cc2)[C@]2(C(=O)N(Cc3ccccc3)c3ccccc32)N1CC(F)(F)F. The average Bonchev–Trinajstić information content (AvgIpc) is 3.22. The summed E-state index contributed by atoms with van der Waals surface area (Å²) in [5.41, 5.74) is 0.541. The van der Waals surface area contributed by atoms with Gasteiger partial charge >= 0.3 is 6.18 Å². The highest BCUT2D eigenvalue weighted by molar-refractivity contribution is 6.30. The Bertz CT molecular complexity index is 1250. The first-order chi connectivity index (χ1) is 16.2. The average molecular weight is 485 g/mol. The molecule has 8 heteroatoms. The van der Waals surface area contributed by atoms with Gasteiger partial charge in [-0.3, -0.25) is 9.59 Å². The van der Waals surface area contributed by atoms with Crippen molar-refractivity contribution >= 4 is 29.1 Å². The fourth-order valence-corrected chi connectivity index (χ4v) is 5.37. The molecule has 0 N–H and O–H groups in total. The highest BCUT2D eigenvalue weighted by Gasteiger charge is 2.66. The fourth-order valence-electron chi connectivity index (χ4n) is 5.25. The van der Waals surface area contributed by atoms with Crippen LogP contribution in [0.5, 0.6) is 0 Å². The van der Waals surface area contributed by atoms with E-state index in [0.717, 1.165) is 10.5 Å². The van der Waals surface area contributed by atoms with Crippen molar-refractivity contribution in [3.63, 3.8) is 0 Å². The van der Waals surface area contributed by atoms with Crippen LogP contribution in [0.2, 0.25) is 5.02 Å². The van der Waals surface area contributed by atoms with E-state index in [4.69, 9.17) is 11.6 Å². The zero-order valence-electron chi connectivity index (χ0n) is 17.9. The van der Waals surface area contributed by atoms with Crippen LogP contribution < -0.4 is 4.90 Å². The first-order valence-electron chi connectivity index (χ1n) is 10.8. The summed E-state index contributed by atoms with van der Waals surface area (Å²) >= 11 is 6.04. The zero-order valence-corrected chi connectivity index (χ0v) is 18.7. The fraction of sp³-hybridized carbons (Fsp3) is 0.231. The lowest BCUT2D eigenvalue weighted by molar-refractivity contribution is -0.170. The van der Waals surface area contributed by atoms with Crippen molar-refractivity contribution in [3.05, 3.63) is 101 Å². The summed E-state index contributed by atoms with van der Waals surface area (Å²) in [6, 6.07) is 22.6. The number of amides is 2. The van der Waals surface area contributed by atoms with Crippen molar-refractivity contribution < 1.29 is 22.8 Å². The molecule has 34 heavy (non-hydrogen) atoms. The van der Waals surface area contributed by atoms with E-state index in [1.54, 1.807) is 48.5 Å². The van der Waals surface area contributed by atoms with Gasteiger partial charge in [0.05, 0.1) is 12.2 Å². The molecule has 0 aliphatic carbocycles. The van der Waals surface area contributed by atoms with E-state index in [2.05, 4.69) is 0 Å². The minimum Gasteiger partial charge on any atom is -0.314 e. The van der Waals surface area contributed by atoms with Crippen LogP contribution in [0, 0.1) is 0 Å². The third-order valence-electron chi connectivity index (χ3n) is 6.58. The highest BCUT2D eigenvalue weighted by Crippen LogP contribution is 2.57. The van der Waals surface area contributed by atoms with Crippen LogP contribution in [0.4, 0.5) is 18.9 Å². The van der Waals surface area contributed by atoms with E-state index < -0.39 is 36.0 Å². The molecule has 2 amide bonds. The Hall–Kier alpha value is -3.32. The first-order valence-corrected chi connectivity index (χ1v) is 11.2. The summed E-state index contributed by atoms with van der Waals surface area (Å²) in [6.07, 6.45) is -4.88. The number of alkyl halides is 3. The molecule has 0 radical (unpaired) electrons. The molecular formula is C26H20ClF3N2O2. The Kier molecular flexibility index (Phi) is 5.40. The molecule has 3 aromatic rings. The minimum atomic E-state index is -4.67. The van der Waals surface area contributed by atoms with Crippen LogP contribution in [0.15, 0.2) is 78.9 Å². The van der Waals surface area contributed by atoms with Crippen molar-refractivity contribution in [1.29, 1.82) is 0 Å². The lowest BCUT2D eigenvalue weighted by Gasteiger charge is -2.38. The Balaban J connectivity index is 1.71. The summed E-state index contributed by atoms with van der Waals surface area (Å²) in [5.74, 6) is -2.04. The highest BCUT2D eigenvalue weighted by atomic mass is 35.5. The normalized spacial score (nSPS) is 22.1. The van der Waals surface area contributed by atoms with Crippen molar-refractivity contribution in [2.45, 2.75) is 30.6 Å². The number of anilines is 1. The van der Waals surface area contributed by atoms with E-state index in [-0.39, 0.29) is 13.0 Å². The van der Waals surface area contributed by atoms with Gasteiger partial charge in [0.2, 0.25) is 5.91 Å². The van der Waals surface area contributed by atoms with Gasteiger partial charge in [-0.15, -0.1) is 0 Å². The molecule has 1 spiro atoms. The second-order valence-corrected chi connectivity index (χ2v) is 9.00. The number of rotatable bonds is 4. The summed E-state index contributed by atoms with van der Waals surface area (Å²) < 4.78 is 41.1. The molecule has 1 fully saturated rings. The lowest BCUT2D eigenvalue weighted by Crippen LogP contribution is -2.55. The van der Waals surface area contributed by atoms with Crippen LogP contribution in [-0.2, 0) is 21.7 Å². The number of fused-ring (bicyclic) bond motifs is 2. The number of hydrogen-bond donors (Lipinski definition) is 0. The van der Waals surface area contributed by atoms with Crippen LogP contribution in [-0.4, -0.2) is 29.4 Å². The van der Waals surface area contributed by atoms with Gasteiger partial charge in [-0.2, -0.15) is 13.2 Å². The largest absolute Gasteiger partial charge is 0.406 e. The lowest BCUT2D eigenvalue weighted by atomic mass is 9.75. The Labute approximate surface area is 199 Å². The molecule has 0 saturated carbocycles. The van der Waals surface area contributed by atoms with Crippen LogP contribution in [0.3, 0.4) is 0 Å². The van der Waals surface area contributed by atoms with E-state index in [1.807, 2.05) is 30.3 Å². The number of para-hydroxylation sites is 1. The van der Waals surface area contributed by atoms with E-state index in [1.165, 1.54) is 4.90 Å². The molecule has 1 saturated heterocycles. The maximum Gasteiger partial charge on any atom is 0.406 e. The smallest absolute Gasteiger partial charge is 0.314 e. The van der Waals surface area contributed by atoms with Gasteiger partial charge in [-0.1, -0.05) is 72.3 Å². The summed E-state index contributed by atoms with van der Waals surface area (Å²) in [7, 11) is 0. The molecule has 2 aliphatic heterocycles. The van der Waals surface area contributed by atoms with E-state index >= 15 is 0 Å². The number of nitrogens with zero attached hydrogens (tertiary/aromatic N) is 2. The molecule has 174 valence electrons. The molecule has 0 bridgehead atoms. The van der Waals surface area contributed by atoms with Gasteiger partial charge < -0.3 is 9.80 Å². The van der Waals surface area contributed by atoms with Gasteiger partial charge in [-0.05, 0) is 29.3 Å². The van der Waals surface area contributed by atoms with Gasteiger partial charge in [0.25, 0.3) is 5.91 Å². The third-order valence-corrected chi connectivity index (χ3v) is 6.83. The number of halogens is 4. The van der Waals surface area contributed by atoms with Crippen LogP contribution in [0.1, 0.15) is 29.0 Å². The molecule has 5 rings (SSSR count). The molecule has 2 heterocycles. The third kappa shape index (κ3) is 3.55. The van der Waals surface area contributed by atoms with Crippen LogP contribution in [0.25, 0.3) is 0 Å². The number of carbonyl (C=O) groups is 2. The molecule has 0 unspecified atom stereocenters. The van der Waals surface area contributed by atoms with Gasteiger partial charge in [0.15, 0.2) is 5.54 Å². The molecular weight excluding hydrogens is 465 g/mol. The number of hydrogen-bond acceptors (Lipinski definition) is 2. The predicted octanol–water partition coefficient (Wildman–Crippen LogP) is 5.66. The molecule has 2 atom stereocenters. The summed E-state index contributed by atoms with van der Waals surface area (Å²) in [4.78, 5) is 29.6. The van der Waals surface area contributed by atoms with Gasteiger partial charge in [-0.25, -0.2) is 0 Å². The summed E-state index contributed by atoms with van der Waals surface area (Å²) in [5, 5.41) is 0.457. The van der Waals surface area contributed by atoms with E-state index in [0.29, 0.717) is 21.8 Å². The first kappa shape index (κ1) is 22.5. The van der Waals surface area contributed by atoms with Crippen LogP contribution >= 0.6 is 11.6 Å². The quantitative estimate of drug-likeness (QED) is 0.479. The predicted molar refractivity (Wildman–Crippen MR) is 122 cm³/mol. The summed E-state index contributed by atoms with van der Waals surface area (Å²) in [6.45, 7) is -1.32. The van der Waals surface area contributed by atoms with Gasteiger partial charge in [0.1, 0.15) is 6.54 Å². The Morgan fingerprint density at radius 1 is 0.912 bits per heavy atom. The minimum absolute atomic E-state index is 0.180. The number of benzene rings is 3. The topological polar surface area (TPSA) is 40.6 Å². The zero-order chi connectivity index (χ0) is 24.1. The number of carbonyl (C=O) groups excluding carboxylic acids is 2. The molecule has 0 aromatic heterocycles. The van der Waals surface area contributed by atoms with Crippen molar-refractivity contribution in [1.82, 2.24) is 4.90 Å². The second-order valence-electron chi connectivity index (χ2n) is 8.56. The van der Waals surface area contributed by atoms with E-state index in [9.17, 15) is 22.8 Å². The van der Waals surface area contributed by atoms with Crippen molar-refractivity contribution in [2.24, 2.45) is 0 Å². The maximum absolute atomic E-state index is 14.2.